The van der Waals surface area contributed by atoms with E-state index in [0.29, 0.717) is 23.0 Å². The van der Waals surface area contributed by atoms with E-state index in [4.69, 9.17) is 22.1 Å². The first kappa shape index (κ1) is 20.4. The van der Waals surface area contributed by atoms with Crippen molar-refractivity contribution in [2.45, 2.75) is 32.5 Å². The first-order valence-corrected chi connectivity index (χ1v) is 9.67. The zero-order valence-electron chi connectivity index (χ0n) is 16.1. The van der Waals surface area contributed by atoms with E-state index in [2.05, 4.69) is 11.8 Å². The Morgan fingerprint density at radius 3 is 2.57 bits per heavy atom. The van der Waals surface area contributed by atoms with Crippen molar-refractivity contribution in [1.29, 1.82) is 0 Å². The van der Waals surface area contributed by atoms with Crippen molar-refractivity contribution < 1.29 is 13.9 Å². The number of nitrogens with two attached hydrogens (primary N) is 1. The summed E-state index contributed by atoms with van der Waals surface area (Å²) < 4.78 is 18.7. The van der Waals surface area contributed by atoms with E-state index in [1.807, 2.05) is 11.8 Å². The number of nitrogen functional groups attached to an aromatic ring is 1. The van der Waals surface area contributed by atoms with Crippen LogP contribution in [-0.2, 0) is 11.3 Å². The van der Waals surface area contributed by atoms with Crippen LogP contribution in [0.15, 0.2) is 42.5 Å². The monoisotopic (exact) mass is 405 g/mol. The molecule has 0 unspecified atom stereocenters. The number of amides is 1. The van der Waals surface area contributed by atoms with Gasteiger partial charge in [-0.25, -0.2) is 4.39 Å². The number of benzene rings is 2. The molecule has 0 aliphatic carbocycles. The summed E-state index contributed by atoms with van der Waals surface area (Å²) in [5.74, 6) is 0.135. The van der Waals surface area contributed by atoms with Crippen LogP contribution in [0.4, 0.5) is 10.1 Å². The second-order valence-electron chi connectivity index (χ2n) is 7.28. The molecule has 2 aromatic carbocycles. The third-order valence-electron chi connectivity index (χ3n) is 5.04. The second kappa shape index (κ2) is 8.80. The molecular formula is C21H25ClFN3O2. The molecule has 2 N–H and O–H groups in total. The van der Waals surface area contributed by atoms with Crippen LogP contribution in [0.2, 0.25) is 5.02 Å². The molecule has 1 heterocycles. The summed E-state index contributed by atoms with van der Waals surface area (Å²) in [6, 6.07) is 11.7. The fourth-order valence-electron chi connectivity index (χ4n) is 3.45. The van der Waals surface area contributed by atoms with Crippen molar-refractivity contribution in [2.24, 2.45) is 0 Å². The minimum Gasteiger partial charge on any atom is -0.482 e. The third-order valence-corrected chi connectivity index (χ3v) is 5.34. The highest BCUT2D eigenvalue weighted by molar-refractivity contribution is 6.32. The third kappa shape index (κ3) is 4.94. The van der Waals surface area contributed by atoms with Crippen LogP contribution < -0.4 is 10.5 Å². The number of carbonyl (C=O) groups excluding carboxylic acids is 1. The fraction of sp³-hybridized carbons (Fsp3) is 0.381. The molecule has 2 atom stereocenters. The van der Waals surface area contributed by atoms with E-state index in [-0.39, 0.29) is 30.4 Å². The first-order chi connectivity index (χ1) is 13.3. The maximum atomic E-state index is 13.1. The van der Waals surface area contributed by atoms with Crippen LogP contribution in [0.1, 0.15) is 19.4 Å². The lowest BCUT2D eigenvalue weighted by Crippen LogP contribution is -2.58. The number of ether oxygens (including phenoxy) is 1. The van der Waals surface area contributed by atoms with Crippen molar-refractivity contribution in [3.63, 3.8) is 0 Å². The van der Waals surface area contributed by atoms with Gasteiger partial charge in [0.1, 0.15) is 11.6 Å². The molecule has 7 heteroatoms. The minimum absolute atomic E-state index is 0.0506. The summed E-state index contributed by atoms with van der Waals surface area (Å²) in [6.45, 7) is 6.13. The van der Waals surface area contributed by atoms with E-state index in [1.54, 1.807) is 30.3 Å². The van der Waals surface area contributed by atoms with Gasteiger partial charge in [0.15, 0.2) is 6.61 Å². The molecule has 150 valence electrons. The minimum atomic E-state index is -0.234. The normalized spacial score (nSPS) is 20.2. The Balaban J connectivity index is 1.57. The smallest absolute Gasteiger partial charge is 0.260 e. The highest BCUT2D eigenvalue weighted by Gasteiger charge is 2.32. The number of halogens is 2. The maximum Gasteiger partial charge on any atom is 0.260 e. The van der Waals surface area contributed by atoms with Gasteiger partial charge in [-0.05, 0) is 49.7 Å². The fourth-order valence-corrected chi connectivity index (χ4v) is 3.69. The van der Waals surface area contributed by atoms with Gasteiger partial charge in [0, 0.05) is 37.4 Å². The van der Waals surface area contributed by atoms with Crippen LogP contribution in [-0.4, -0.2) is 47.5 Å². The van der Waals surface area contributed by atoms with Gasteiger partial charge < -0.3 is 15.4 Å². The van der Waals surface area contributed by atoms with E-state index < -0.39 is 0 Å². The summed E-state index contributed by atoms with van der Waals surface area (Å²) in [6.07, 6.45) is 0. The lowest BCUT2D eigenvalue weighted by Gasteiger charge is -2.44. The number of hydrogen-bond donors (Lipinski definition) is 1. The lowest BCUT2D eigenvalue weighted by molar-refractivity contribution is -0.139. The van der Waals surface area contributed by atoms with E-state index in [1.165, 1.54) is 12.1 Å². The number of piperazine rings is 1. The molecule has 5 nitrogen and oxygen atoms in total. The Labute approximate surface area is 169 Å². The Hall–Kier alpha value is -2.31. The van der Waals surface area contributed by atoms with E-state index in [9.17, 15) is 9.18 Å². The highest BCUT2D eigenvalue weighted by Crippen LogP contribution is 2.26. The van der Waals surface area contributed by atoms with Crippen molar-refractivity contribution in [3.05, 3.63) is 58.9 Å². The molecule has 1 fully saturated rings. The molecule has 0 saturated carbocycles. The van der Waals surface area contributed by atoms with E-state index >= 15 is 0 Å². The summed E-state index contributed by atoms with van der Waals surface area (Å²) in [5.41, 5.74) is 7.27. The molecule has 28 heavy (non-hydrogen) atoms. The average molecular weight is 406 g/mol. The molecule has 0 aromatic heterocycles. The number of rotatable bonds is 5. The van der Waals surface area contributed by atoms with Gasteiger partial charge in [-0.15, -0.1) is 0 Å². The molecule has 3 rings (SSSR count). The molecule has 0 bridgehead atoms. The molecular weight excluding hydrogens is 381 g/mol. The molecule has 0 radical (unpaired) electrons. The summed E-state index contributed by atoms with van der Waals surface area (Å²) >= 11 is 6.10. The first-order valence-electron chi connectivity index (χ1n) is 9.29. The van der Waals surface area contributed by atoms with Crippen molar-refractivity contribution >= 4 is 23.2 Å². The van der Waals surface area contributed by atoms with Crippen molar-refractivity contribution in [2.75, 3.05) is 25.4 Å². The van der Waals surface area contributed by atoms with Gasteiger partial charge in [-0.3, -0.25) is 9.69 Å². The molecule has 0 spiro atoms. The largest absolute Gasteiger partial charge is 0.482 e. The maximum absolute atomic E-state index is 13.1. The van der Waals surface area contributed by atoms with Gasteiger partial charge in [-0.1, -0.05) is 23.7 Å². The SMILES string of the molecule is C[C@@H]1CN(C(=O)COc2ccc(N)cc2Cl)[C@@H](C)CN1Cc1ccc(F)cc1. The summed E-state index contributed by atoms with van der Waals surface area (Å²) in [4.78, 5) is 16.8. The summed E-state index contributed by atoms with van der Waals surface area (Å²) in [7, 11) is 0. The Bertz CT molecular complexity index is 831. The summed E-state index contributed by atoms with van der Waals surface area (Å²) in [5, 5.41) is 0.387. The van der Waals surface area contributed by atoms with Crippen LogP contribution >= 0.6 is 11.6 Å². The van der Waals surface area contributed by atoms with Gasteiger partial charge >= 0.3 is 0 Å². The van der Waals surface area contributed by atoms with Gasteiger partial charge in [0.05, 0.1) is 5.02 Å². The topological polar surface area (TPSA) is 58.8 Å². The number of hydrogen-bond acceptors (Lipinski definition) is 4. The molecule has 1 amide bonds. The quantitative estimate of drug-likeness (QED) is 0.773. The molecule has 1 saturated heterocycles. The van der Waals surface area contributed by atoms with Gasteiger partial charge in [0.2, 0.25) is 0 Å². The number of carbonyl (C=O) groups is 1. The highest BCUT2D eigenvalue weighted by atomic mass is 35.5. The predicted octanol–water partition coefficient (Wildman–Crippen LogP) is 3.56. The zero-order valence-corrected chi connectivity index (χ0v) is 16.8. The lowest BCUT2D eigenvalue weighted by atomic mass is 10.1. The second-order valence-corrected chi connectivity index (χ2v) is 7.69. The van der Waals surface area contributed by atoms with Gasteiger partial charge in [-0.2, -0.15) is 0 Å². The standard InChI is InChI=1S/C21H25ClFN3O2/c1-14-11-26(21(27)13-28-20-8-7-18(24)9-19(20)22)15(2)10-25(14)12-16-3-5-17(23)6-4-16/h3-9,14-15H,10-13,24H2,1-2H3/t14-,15+/m1/s1. The Morgan fingerprint density at radius 1 is 1.18 bits per heavy atom. The average Bonchev–Trinajstić information content (AvgIpc) is 2.65. The predicted molar refractivity (Wildman–Crippen MR) is 109 cm³/mol. The molecule has 1 aliphatic heterocycles. The number of nitrogens with zero attached hydrogens (tertiary/aromatic N) is 2. The van der Waals surface area contributed by atoms with E-state index in [0.717, 1.165) is 18.7 Å². The van der Waals surface area contributed by atoms with Crippen molar-refractivity contribution in [1.82, 2.24) is 9.80 Å². The molecule has 1 aliphatic rings. The van der Waals surface area contributed by atoms with Crippen LogP contribution in [0.3, 0.4) is 0 Å². The van der Waals surface area contributed by atoms with Crippen LogP contribution in [0, 0.1) is 5.82 Å². The number of anilines is 1. The molecule has 2 aromatic rings. The Morgan fingerprint density at radius 2 is 1.89 bits per heavy atom. The van der Waals surface area contributed by atoms with Crippen LogP contribution in [0.5, 0.6) is 5.75 Å². The zero-order chi connectivity index (χ0) is 20.3. The van der Waals surface area contributed by atoms with Crippen LogP contribution in [0.25, 0.3) is 0 Å². The Kier molecular flexibility index (Phi) is 6.42. The van der Waals surface area contributed by atoms with Crippen molar-refractivity contribution in [3.8, 4) is 5.75 Å². The van der Waals surface area contributed by atoms with Gasteiger partial charge in [0.25, 0.3) is 5.91 Å².